The van der Waals surface area contributed by atoms with Crippen molar-refractivity contribution in [3.63, 3.8) is 0 Å². The first-order chi connectivity index (χ1) is 9.49. The molecule has 20 heavy (non-hydrogen) atoms. The number of hydrogen-bond acceptors (Lipinski definition) is 4. The summed E-state index contributed by atoms with van der Waals surface area (Å²) in [5, 5.41) is 21.0. The number of aliphatic hydroxyl groups is 1. The van der Waals surface area contributed by atoms with Crippen molar-refractivity contribution < 1.29 is 5.11 Å². The van der Waals surface area contributed by atoms with Gasteiger partial charge in [0.15, 0.2) is 5.96 Å². The number of aliphatic imine (C=N–C) groups is 1. The Morgan fingerprint density at radius 3 is 2.85 bits per heavy atom. The smallest absolute Gasteiger partial charge is 0.191 e. The van der Waals surface area contributed by atoms with Crippen molar-refractivity contribution in [2.24, 2.45) is 12.0 Å². The average molecular weight is 299 g/mol. The maximum Gasteiger partial charge on any atom is 0.191 e. The minimum Gasteiger partial charge on any atom is -0.383 e. The number of aromatic nitrogens is 2. The van der Waals surface area contributed by atoms with Gasteiger partial charge in [0.2, 0.25) is 0 Å². The molecule has 1 atom stereocenters. The topological polar surface area (TPSA) is 74.5 Å². The van der Waals surface area contributed by atoms with Gasteiger partial charge in [0, 0.05) is 37.7 Å². The second-order valence-corrected chi connectivity index (χ2v) is 5.78. The van der Waals surface area contributed by atoms with Crippen molar-refractivity contribution in [2.45, 2.75) is 19.4 Å². The van der Waals surface area contributed by atoms with E-state index in [4.69, 9.17) is 0 Å². The SMILES string of the molecule is CCNC(=NCC(C)(O)c1cnn(C)c1)NCCSC. The fraction of sp³-hybridized carbons (Fsp3) is 0.692. The Balaban J connectivity index is 2.64. The number of rotatable bonds is 7. The molecule has 0 radical (unpaired) electrons. The third-order valence-corrected chi connectivity index (χ3v) is 3.43. The van der Waals surface area contributed by atoms with Gasteiger partial charge in [-0.25, -0.2) is 4.99 Å². The van der Waals surface area contributed by atoms with Gasteiger partial charge in [-0.3, -0.25) is 4.68 Å². The maximum absolute atomic E-state index is 10.5. The number of nitrogens with one attached hydrogen (secondary N) is 2. The highest BCUT2D eigenvalue weighted by Gasteiger charge is 2.24. The summed E-state index contributed by atoms with van der Waals surface area (Å²) < 4.78 is 1.68. The maximum atomic E-state index is 10.5. The van der Waals surface area contributed by atoms with Crippen LogP contribution < -0.4 is 10.6 Å². The Morgan fingerprint density at radius 2 is 2.30 bits per heavy atom. The minimum atomic E-state index is -1.02. The third kappa shape index (κ3) is 5.42. The van der Waals surface area contributed by atoms with Crippen molar-refractivity contribution in [1.29, 1.82) is 0 Å². The highest BCUT2D eigenvalue weighted by Crippen LogP contribution is 2.19. The Labute approximate surface area is 125 Å². The van der Waals surface area contributed by atoms with E-state index in [2.05, 4.69) is 27.0 Å². The van der Waals surface area contributed by atoms with Gasteiger partial charge in [-0.1, -0.05) is 0 Å². The van der Waals surface area contributed by atoms with E-state index in [0.29, 0.717) is 0 Å². The van der Waals surface area contributed by atoms with Crippen molar-refractivity contribution >= 4 is 17.7 Å². The molecule has 1 aromatic rings. The Hall–Kier alpha value is -1.21. The molecule has 6 nitrogen and oxygen atoms in total. The third-order valence-electron chi connectivity index (χ3n) is 2.81. The molecule has 0 spiro atoms. The Bertz CT molecular complexity index is 430. The van der Waals surface area contributed by atoms with Gasteiger partial charge < -0.3 is 15.7 Å². The molecular weight excluding hydrogens is 274 g/mol. The van der Waals surface area contributed by atoms with Crippen LogP contribution in [0, 0.1) is 0 Å². The van der Waals surface area contributed by atoms with Gasteiger partial charge in [-0.05, 0) is 20.1 Å². The van der Waals surface area contributed by atoms with Crippen LogP contribution in [0.3, 0.4) is 0 Å². The molecule has 0 fully saturated rings. The van der Waals surface area contributed by atoms with Crippen LogP contribution in [-0.2, 0) is 12.6 Å². The number of aryl methyl sites for hydroxylation is 1. The van der Waals surface area contributed by atoms with Gasteiger partial charge in [-0.15, -0.1) is 0 Å². The highest BCUT2D eigenvalue weighted by atomic mass is 32.2. The van der Waals surface area contributed by atoms with Gasteiger partial charge in [0.05, 0.1) is 12.7 Å². The van der Waals surface area contributed by atoms with Crippen molar-refractivity contribution in [3.05, 3.63) is 18.0 Å². The lowest BCUT2D eigenvalue weighted by Gasteiger charge is -2.20. The van der Waals surface area contributed by atoms with Crippen LogP contribution in [0.25, 0.3) is 0 Å². The van der Waals surface area contributed by atoms with Crippen molar-refractivity contribution in [2.75, 3.05) is 31.6 Å². The van der Waals surface area contributed by atoms with Crippen LogP contribution in [0.4, 0.5) is 0 Å². The molecule has 1 unspecified atom stereocenters. The van der Waals surface area contributed by atoms with Crippen LogP contribution in [-0.4, -0.2) is 52.5 Å². The molecule has 0 aliphatic carbocycles. The summed E-state index contributed by atoms with van der Waals surface area (Å²) in [6.45, 7) is 5.69. The molecule has 0 aliphatic rings. The lowest BCUT2D eigenvalue weighted by atomic mass is 10.0. The molecule has 0 saturated heterocycles. The van der Waals surface area contributed by atoms with Gasteiger partial charge in [-0.2, -0.15) is 16.9 Å². The first kappa shape index (κ1) is 16.8. The molecule has 114 valence electrons. The fourth-order valence-corrected chi connectivity index (χ4v) is 1.94. The second-order valence-electron chi connectivity index (χ2n) is 4.79. The zero-order chi connectivity index (χ0) is 15.0. The van der Waals surface area contributed by atoms with Crippen LogP contribution in [0.15, 0.2) is 17.4 Å². The fourth-order valence-electron chi connectivity index (χ4n) is 1.64. The van der Waals surface area contributed by atoms with Crippen molar-refractivity contribution in [1.82, 2.24) is 20.4 Å². The van der Waals surface area contributed by atoms with Crippen LogP contribution in [0.1, 0.15) is 19.4 Å². The van der Waals surface area contributed by atoms with E-state index >= 15 is 0 Å². The van der Waals surface area contributed by atoms with E-state index in [1.54, 1.807) is 29.6 Å². The summed E-state index contributed by atoms with van der Waals surface area (Å²) in [5.74, 6) is 1.74. The van der Waals surface area contributed by atoms with Gasteiger partial charge in [0.25, 0.3) is 0 Å². The van der Waals surface area contributed by atoms with E-state index in [9.17, 15) is 5.11 Å². The summed E-state index contributed by atoms with van der Waals surface area (Å²) in [6.07, 6.45) is 5.55. The average Bonchev–Trinajstić information content (AvgIpc) is 2.84. The Morgan fingerprint density at radius 1 is 1.55 bits per heavy atom. The summed E-state index contributed by atoms with van der Waals surface area (Å²) >= 11 is 1.78. The molecule has 0 aliphatic heterocycles. The zero-order valence-electron chi connectivity index (χ0n) is 12.7. The monoisotopic (exact) mass is 299 g/mol. The van der Waals surface area contributed by atoms with Crippen LogP contribution >= 0.6 is 11.8 Å². The molecule has 0 amide bonds. The van der Waals surface area contributed by atoms with E-state index < -0.39 is 5.60 Å². The molecule has 7 heteroatoms. The highest BCUT2D eigenvalue weighted by molar-refractivity contribution is 7.98. The normalized spacial score (nSPS) is 14.9. The summed E-state index contributed by atoms with van der Waals surface area (Å²) in [4.78, 5) is 4.44. The predicted octanol–water partition coefficient (Wildman–Crippen LogP) is 0.546. The first-order valence-corrected chi connectivity index (χ1v) is 8.11. The van der Waals surface area contributed by atoms with Gasteiger partial charge >= 0.3 is 0 Å². The molecule has 1 heterocycles. The molecule has 0 saturated carbocycles. The summed E-state index contributed by atoms with van der Waals surface area (Å²) in [6, 6.07) is 0. The zero-order valence-corrected chi connectivity index (χ0v) is 13.5. The largest absolute Gasteiger partial charge is 0.383 e. The summed E-state index contributed by atoms with van der Waals surface area (Å²) in [7, 11) is 1.83. The molecule has 0 bridgehead atoms. The van der Waals surface area contributed by atoms with E-state index in [1.165, 1.54) is 0 Å². The number of thioether (sulfide) groups is 1. The Kier molecular flexibility index (Phi) is 6.87. The molecule has 1 rings (SSSR count). The molecular formula is C13H25N5OS. The lowest BCUT2D eigenvalue weighted by Crippen LogP contribution is -2.39. The molecule has 3 N–H and O–H groups in total. The second kappa shape index (κ2) is 8.16. The standard InChI is InChI=1S/C13H25N5OS/c1-5-14-12(15-6-7-20-4)16-10-13(2,19)11-8-17-18(3)9-11/h8-9,19H,5-7,10H2,1-4H3,(H2,14,15,16). The quantitative estimate of drug-likeness (QED) is 0.389. The van der Waals surface area contributed by atoms with E-state index in [0.717, 1.165) is 30.4 Å². The number of hydrogen-bond donors (Lipinski definition) is 3. The molecule has 0 aromatic carbocycles. The van der Waals surface area contributed by atoms with Crippen LogP contribution in [0.2, 0.25) is 0 Å². The van der Waals surface area contributed by atoms with Gasteiger partial charge in [0.1, 0.15) is 5.60 Å². The van der Waals surface area contributed by atoms with E-state index in [1.807, 2.05) is 20.2 Å². The first-order valence-electron chi connectivity index (χ1n) is 6.72. The predicted molar refractivity (Wildman–Crippen MR) is 85.1 cm³/mol. The molecule has 1 aromatic heterocycles. The lowest BCUT2D eigenvalue weighted by molar-refractivity contribution is 0.0672. The number of guanidine groups is 1. The summed E-state index contributed by atoms with van der Waals surface area (Å²) in [5.41, 5.74) is -0.250. The van der Waals surface area contributed by atoms with Crippen molar-refractivity contribution in [3.8, 4) is 0 Å². The number of nitrogens with zero attached hydrogens (tertiary/aromatic N) is 3. The van der Waals surface area contributed by atoms with Crippen LogP contribution in [0.5, 0.6) is 0 Å². The van der Waals surface area contributed by atoms with E-state index in [-0.39, 0.29) is 6.54 Å². The minimum absolute atomic E-state index is 0.285.